The molecule has 0 aliphatic rings. The van der Waals surface area contributed by atoms with Gasteiger partial charge in [0, 0.05) is 20.2 Å². The molecule has 0 saturated carbocycles. The number of nitrogens with zero attached hydrogens (tertiary/aromatic N) is 1. The van der Waals surface area contributed by atoms with Crippen LogP contribution in [0.15, 0.2) is 0 Å². The fourth-order valence-corrected chi connectivity index (χ4v) is 1.20. The summed E-state index contributed by atoms with van der Waals surface area (Å²) in [5.41, 5.74) is 0. The van der Waals surface area contributed by atoms with Crippen LogP contribution < -0.4 is 0 Å². The van der Waals surface area contributed by atoms with Gasteiger partial charge < -0.3 is 9.64 Å². The number of rotatable bonds is 6. The molecule has 0 aliphatic carbocycles. The molecule has 1 atom stereocenters. The molecule has 2 nitrogen and oxygen atoms in total. The second kappa shape index (κ2) is 7.46. The van der Waals surface area contributed by atoms with Crippen molar-refractivity contribution < 1.29 is 4.74 Å². The van der Waals surface area contributed by atoms with Crippen LogP contribution in [0.5, 0.6) is 0 Å². The zero-order valence-electron chi connectivity index (χ0n) is 6.97. The minimum Gasteiger partial charge on any atom is -0.383 e. The summed E-state index contributed by atoms with van der Waals surface area (Å²) in [6.45, 7) is 6.36. The zero-order chi connectivity index (χ0) is 7.82. The highest BCUT2D eigenvalue weighted by Gasteiger charge is 1.97. The maximum Gasteiger partial charge on any atom is 0.0589 e. The first-order chi connectivity index (χ1) is 4.85. The summed E-state index contributed by atoms with van der Waals surface area (Å²) in [5.74, 6) is 0. The average molecular weight is 163 g/mol. The molecular weight excluding hydrogens is 145 g/mol. The van der Waals surface area contributed by atoms with E-state index in [1.54, 1.807) is 7.11 Å². The Kier molecular flexibility index (Phi) is 7.72. The van der Waals surface area contributed by atoms with Crippen molar-refractivity contribution in [3.63, 3.8) is 0 Å². The predicted molar refractivity (Wildman–Crippen MR) is 48.6 cm³/mol. The monoisotopic (exact) mass is 163 g/mol. The molecule has 0 aromatic heterocycles. The third kappa shape index (κ3) is 5.16. The number of hydrogen-bond acceptors (Lipinski definition) is 2. The molecule has 0 aromatic rings. The van der Waals surface area contributed by atoms with E-state index >= 15 is 0 Å². The topological polar surface area (TPSA) is 12.5 Å². The standard InChI is InChI=1S/C7H18NOP/c1-3-8(5-7-10)4-6-9-2/h3-7,10H2,1-2H3. The van der Waals surface area contributed by atoms with Gasteiger partial charge in [0.2, 0.25) is 0 Å². The van der Waals surface area contributed by atoms with Gasteiger partial charge in [-0.1, -0.05) is 6.92 Å². The Labute approximate surface area is 66.1 Å². The van der Waals surface area contributed by atoms with Gasteiger partial charge in [0.25, 0.3) is 0 Å². The molecule has 0 radical (unpaired) electrons. The first-order valence-corrected chi connectivity index (χ1v) is 4.58. The molecule has 0 amide bonds. The van der Waals surface area contributed by atoms with Gasteiger partial charge in [-0.2, -0.15) is 0 Å². The minimum atomic E-state index is 0.846. The maximum atomic E-state index is 4.97. The smallest absolute Gasteiger partial charge is 0.0589 e. The molecule has 0 spiro atoms. The summed E-state index contributed by atoms with van der Waals surface area (Å²) >= 11 is 0. The second-order valence-electron chi connectivity index (χ2n) is 2.22. The summed E-state index contributed by atoms with van der Waals surface area (Å²) in [5, 5.41) is 0. The molecule has 0 bridgehead atoms. The Morgan fingerprint density at radius 1 is 1.40 bits per heavy atom. The third-order valence-electron chi connectivity index (χ3n) is 1.50. The summed E-state index contributed by atoms with van der Waals surface area (Å²) in [6.07, 6.45) is 1.15. The van der Waals surface area contributed by atoms with Crippen molar-refractivity contribution in [2.75, 3.05) is 39.5 Å². The lowest BCUT2D eigenvalue weighted by molar-refractivity contribution is 0.154. The van der Waals surface area contributed by atoms with Crippen LogP contribution in [0.4, 0.5) is 0 Å². The molecule has 3 heteroatoms. The summed E-state index contributed by atoms with van der Waals surface area (Å²) in [7, 11) is 4.48. The first kappa shape index (κ1) is 10.3. The number of methoxy groups -OCH3 is 1. The fourth-order valence-electron chi connectivity index (χ4n) is 0.831. The summed E-state index contributed by atoms with van der Waals surface area (Å²) < 4.78 is 4.97. The molecule has 0 heterocycles. The van der Waals surface area contributed by atoms with E-state index < -0.39 is 0 Å². The highest BCUT2D eigenvalue weighted by Crippen LogP contribution is 1.90. The van der Waals surface area contributed by atoms with Crippen molar-refractivity contribution in [2.45, 2.75) is 6.92 Å². The van der Waals surface area contributed by atoms with Gasteiger partial charge in [0.15, 0.2) is 0 Å². The Bertz CT molecular complexity index is 70.6. The summed E-state index contributed by atoms with van der Waals surface area (Å²) in [4.78, 5) is 2.37. The van der Waals surface area contributed by atoms with E-state index in [4.69, 9.17) is 4.74 Å². The molecule has 62 valence electrons. The van der Waals surface area contributed by atoms with Crippen molar-refractivity contribution in [1.82, 2.24) is 4.90 Å². The highest BCUT2D eigenvalue weighted by atomic mass is 31.0. The first-order valence-electron chi connectivity index (χ1n) is 3.76. The van der Waals surface area contributed by atoms with E-state index in [1.165, 1.54) is 0 Å². The van der Waals surface area contributed by atoms with Crippen LogP contribution >= 0.6 is 9.24 Å². The number of ether oxygens (including phenoxy) is 1. The maximum absolute atomic E-state index is 4.97. The van der Waals surface area contributed by atoms with Crippen LogP contribution in [0.25, 0.3) is 0 Å². The van der Waals surface area contributed by atoms with Crippen molar-refractivity contribution in [3.05, 3.63) is 0 Å². The van der Waals surface area contributed by atoms with E-state index in [0.29, 0.717) is 0 Å². The van der Waals surface area contributed by atoms with Crippen LogP contribution in [-0.4, -0.2) is 44.4 Å². The number of likely N-dealkylation sites (N-methyl/N-ethyl adjacent to an activating group) is 1. The van der Waals surface area contributed by atoms with E-state index in [0.717, 1.165) is 32.4 Å². The lowest BCUT2D eigenvalue weighted by Crippen LogP contribution is -2.28. The zero-order valence-corrected chi connectivity index (χ0v) is 8.12. The Morgan fingerprint density at radius 3 is 2.50 bits per heavy atom. The largest absolute Gasteiger partial charge is 0.383 e. The molecule has 0 saturated heterocycles. The minimum absolute atomic E-state index is 0.846. The molecular formula is C7H18NOP. The van der Waals surface area contributed by atoms with Gasteiger partial charge in [0.1, 0.15) is 0 Å². The van der Waals surface area contributed by atoms with E-state index in [-0.39, 0.29) is 0 Å². The van der Waals surface area contributed by atoms with Crippen molar-refractivity contribution in [2.24, 2.45) is 0 Å². The van der Waals surface area contributed by atoms with Crippen LogP contribution in [-0.2, 0) is 4.74 Å². The molecule has 1 unspecified atom stereocenters. The molecule has 10 heavy (non-hydrogen) atoms. The SMILES string of the molecule is CCN(CCP)CCOC. The normalized spacial score (nSPS) is 10.8. The van der Waals surface area contributed by atoms with Gasteiger partial charge >= 0.3 is 0 Å². The number of hydrogen-bond donors (Lipinski definition) is 0. The van der Waals surface area contributed by atoms with Gasteiger partial charge in [-0.15, -0.1) is 9.24 Å². The van der Waals surface area contributed by atoms with E-state index in [2.05, 4.69) is 21.1 Å². The van der Waals surface area contributed by atoms with Crippen LogP contribution in [0.3, 0.4) is 0 Å². The molecule has 0 N–H and O–H groups in total. The van der Waals surface area contributed by atoms with Crippen molar-refractivity contribution in [3.8, 4) is 0 Å². The van der Waals surface area contributed by atoms with Gasteiger partial charge in [0.05, 0.1) is 6.61 Å². The lowest BCUT2D eigenvalue weighted by atomic mass is 10.5. The van der Waals surface area contributed by atoms with Crippen molar-refractivity contribution in [1.29, 1.82) is 0 Å². The highest BCUT2D eigenvalue weighted by molar-refractivity contribution is 7.16. The quantitative estimate of drug-likeness (QED) is 0.538. The molecule has 0 fully saturated rings. The Hall–Kier alpha value is 0.350. The second-order valence-corrected chi connectivity index (χ2v) is 2.79. The van der Waals surface area contributed by atoms with Gasteiger partial charge in [-0.3, -0.25) is 0 Å². The molecule has 0 rings (SSSR count). The van der Waals surface area contributed by atoms with Gasteiger partial charge in [-0.25, -0.2) is 0 Å². The molecule has 0 aromatic carbocycles. The third-order valence-corrected chi connectivity index (χ3v) is 1.76. The van der Waals surface area contributed by atoms with Gasteiger partial charge in [-0.05, 0) is 12.7 Å². The van der Waals surface area contributed by atoms with E-state index in [9.17, 15) is 0 Å². The van der Waals surface area contributed by atoms with Crippen LogP contribution in [0.2, 0.25) is 0 Å². The van der Waals surface area contributed by atoms with Crippen LogP contribution in [0.1, 0.15) is 6.92 Å². The Morgan fingerprint density at radius 2 is 2.10 bits per heavy atom. The van der Waals surface area contributed by atoms with Crippen LogP contribution in [0, 0.1) is 0 Å². The lowest BCUT2D eigenvalue weighted by Gasteiger charge is -2.18. The summed E-state index contributed by atoms with van der Waals surface area (Å²) in [6, 6.07) is 0. The van der Waals surface area contributed by atoms with Crippen molar-refractivity contribution >= 4 is 9.24 Å². The van der Waals surface area contributed by atoms with E-state index in [1.807, 2.05) is 0 Å². The Balaban J connectivity index is 3.21. The fraction of sp³-hybridized carbons (Fsp3) is 1.00. The predicted octanol–water partition coefficient (Wildman–Crippen LogP) is 0.830. The average Bonchev–Trinajstić information content (AvgIpc) is 1.98. The molecule has 0 aliphatic heterocycles.